The zero-order chi connectivity index (χ0) is 19.1. The van der Waals surface area contributed by atoms with Crippen molar-refractivity contribution in [3.05, 3.63) is 71.3 Å². The molecule has 1 N–H and O–H groups in total. The Morgan fingerprint density at radius 3 is 2.59 bits per heavy atom. The molecule has 1 saturated heterocycles. The molecule has 2 aromatic carbocycles. The van der Waals surface area contributed by atoms with Crippen LogP contribution in [-0.2, 0) is 6.42 Å². The molecule has 1 fully saturated rings. The number of amides is 2. The number of hydrogen-bond donors (Lipinski definition) is 1. The van der Waals surface area contributed by atoms with Crippen molar-refractivity contribution in [1.29, 1.82) is 0 Å². The molecule has 1 aliphatic rings. The topological polar surface area (TPSA) is 49.4 Å². The molecule has 0 saturated carbocycles. The van der Waals surface area contributed by atoms with Gasteiger partial charge in [-0.15, -0.1) is 0 Å². The van der Waals surface area contributed by atoms with Crippen molar-refractivity contribution in [3.63, 3.8) is 0 Å². The van der Waals surface area contributed by atoms with Crippen molar-refractivity contribution in [2.75, 3.05) is 13.1 Å². The van der Waals surface area contributed by atoms with Gasteiger partial charge in [0.1, 0.15) is 0 Å². The Labute approximate surface area is 161 Å². The highest BCUT2D eigenvalue weighted by atomic mass is 16.2. The number of nitrogens with zero attached hydrogens (tertiary/aromatic N) is 1. The molecule has 27 heavy (non-hydrogen) atoms. The van der Waals surface area contributed by atoms with Crippen molar-refractivity contribution in [1.82, 2.24) is 10.2 Å². The number of rotatable bonds is 6. The Hall–Kier alpha value is -2.62. The van der Waals surface area contributed by atoms with Gasteiger partial charge in [-0.1, -0.05) is 43.3 Å². The van der Waals surface area contributed by atoms with Crippen LogP contribution in [0.25, 0.3) is 0 Å². The van der Waals surface area contributed by atoms with Crippen LogP contribution in [-0.4, -0.2) is 35.8 Å². The van der Waals surface area contributed by atoms with Gasteiger partial charge in [-0.05, 0) is 55.9 Å². The molecule has 4 heteroatoms. The molecular weight excluding hydrogens is 336 g/mol. The van der Waals surface area contributed by atoms with Gasteiger partial charge in [0, 0.05) is 30.3 Å². The molecule has 1 heterocycles. The molecule has 0 spiro atoms. The second-order valence-electron chi connectivity index (χ2n) is 7.13. The third kappa shape index (κ3) is 4.97. The first kappa shape index (κ1) is 19.2. The van der Waals surface area contributed by atoms with Crippen LogP contribution in [0.1, 0.15) is 58.9 Å². The highest BCUT2D eigenvalue weighted by molar-refractivity contribution is 5.99. The van der Waals surface area contributed by atoms with Crippen molar-refractivity contribution < 1.29 is 9.59 Å². The van der Waals surface area contributed by atoms with Gasteiger partial charge in [-0.3, -0.25) is 9.59 Å². The number of benzene rings is 2. The van der Waals surface area contributed by atoms with E-state index in [9.17, 15) is 9.59 Å². The molecule has 0 radical (unpaired) electrons. The van der Waals surface area contributed by atoms with Crippen LogP contribution in [0.3, 0.4) is 0 Å². The van der Waals surface area contributed by atoms with Gasteiger partial charge in [-0.2, -0.15) is 0 Å². The van der Waals surface area contributed by atoms with Crippen LogP contribution < -0.4 is 5.32 Å². The minimum absolute atomic E-state index is 0.0421. The van der Waals surface area contributed by atoms with E-state index in [0.717, 1.165) is 32.2 Å². The lowest BCUT2D eigenvalue weighted by Gasteiger charge is -2.35. The van der Waals surface area contributed by atoms with Crippen LogP contribution in [0.5, 0.6) is 0 Å². The van der Waals surface area contributed by atoms with E-state index < -0.39 is 0 Å². The highest BCUT2D eigenvalue weighted by Gasteiger charge is 2.26. The third-order valence-corrected chi connectivity index (χ3v) is 5.27. The number of likely N-dealkylation sites (tertiary alicyclic amines) is 1. The number of piperidine rings is 1. The van der Waals surface area contributed by atoms with Crippen LogP contribution >= 0.6 is 0 Å². The molecule has 142 valence electrons. The SMILES string of the molecule is CCC1CCCCN1C(=O)c1cccc(C(=O)NCCc2ccccc2)c1. The quantitative estimate of drug-likeness (QED) is 0.840. The second kappa shape index (κ2) is 9.36. The summed E-state index contributed by atoms with van der Waals surface area (Å²) >= 11 is 0. The third-order valence-electron chi connectivity index (χ3n) is 5.27. The van der Waals surface area contributed by atoms with Gasteiger partial charge in [-0.25, -0.2) is 0 Å². The van der Waals surface area contributed by atoms with E-state index in [-0.39, 0.29) is 11.8 Å². The molecule has 1 atom stereocenters. The molecular formula is C23H28N2O2. The highest BCUT2D eigenvalue weighted by Crippen LogP contribution is 2.22. The normalized spacial score (nSPS) is 16.8. The van der Waals surface area contributed by atoms with Crippen LogP contribution in [0, 0.1) is 0 Å². The van der Waals surface area contributed by atoms with E-state index in [1.807, 2.05) is 41.3 Å². The molecule has 1 aliphatic heterocycles. The van der Waals surface area contributed by atoms with Gasteiger partial charge in [0.25, 0.3) is 11.8 Å². The van der Waals surface area contributed by atoms with E-state index in [1.54, 1.807) is 18.2 Å². The summed E-state index contributed by atoms with van der Waals surface area (Å²) in [5.41, 5.74) is 2.34. The minimum Gasteiger partial charge on any atom is -0.352 e. The van der Waals surface area contributed by atoms with Gasteiger partial charge in [0.2, 0.25) is 0 Å². The summed E-state index contributed by atoms with van der Waals surface area (Å²) in [4.78, 5) is 27.4. The number of carbonyl (C=O) groups excluding carboxylic acids is 2. The molecule has 0 bridgehead atoms. The maximum atomic E-state index is 12.9. The van der Waals surface area contributed by atoms with Gasteiger partial charge >= 0.3 is 0 Å². The Bertz CT molecular complexity index is 773. The molecule has 4 nitrogen and oxygen atoms in total. The maximum Gasteiger partial charge on any atom is 0.254 e. The van der Waals surface area contributed by atoms with Gasteiger partial charge < -0.3 is 10.2 Å². The van der Waals surface area contributed by atoms with E-state index >= 15 is 0 Å². The largest absolute Gasteiger partial charge is 0.352 e. The van der Waals surface area contributed by atoms with E-state index in [0.29, 0.717) is 23.7 Å². The molecule has 2 aromatic rings. The Morgan fingerprint density at radius 2 is 1.81 bits per heavy atom. The van der Waals surface area contributed by atoms with E-state index in [1.165, 1.54) is 12.0 Å². The average molecular weight is 364 g/mol. The zero-order valence-electron chi connectivity index (χ0n) is 16.0. The fourth-order valence-corrected chi connectivity index (χ4v) is 3.72. The van der Waals surface area contributed by atoms with Crippen LogP contribution in [0.15, 0.2) is 54.6 Å². The standard InChI is InChI=1S/C23H28N2O2/c1-2-21-13-6-7-16-25(21)23(27)20-12-8-11-19(17-20)22(26)24-15-14-18-9-4-3-5-10-18/h3-5,8-12,17,21H,2,6-7,13-16H2,1H3,(H,24,26). The van der Waals surface area contributed by atoms with Gasteiger partial charge in [0.15, 0.2) is 0 Å². The summed E-state index contributed by atoms with van der Waals surface area (Å²) in [7, 11) is 0. The monoisotopic (exact) mass is 364 g/mol. The predicted molar refractivity (Wildman–Crippen MR) is 108 cm³/mol. The fraction of sp³-hybridized carbons (Fsp3) is 0.391. The van der Waals surface area contributed by atoms with Crippen LogP contribution in [0.2, 0.25) is 0 Å². The fourth-order valence-electron chi connectivity index (χ4n) is 3.72. The average Bonchev–Trinajstić information content (AvgIpc) is 2.74. The number of hydrogen-bond acceptors (Lipinski definition) is 2. The zero-order valence-corrected chi connectivity index (χ0v) is 16.0. The van der Waals surface area contributed by atoms with Crippen molar-refractivity contribution >= 4 is 11.8 Å². The number of carbonyl (C=O) groups is 2. The molecule has 0 aromatic heterocycles. The van der Waals surface area contributed by atoms with Crippen molar-refractivity contribution in [2.24, 2.45) is 0 Å². The molecule has 3 rings (SSSR count). The summed E-state index contributed by atoms with van der Waals surface area (Å²) in [5.74, 6) is -0.0910. The molecule has 2 amide bonds. The first-order chi connectivity index (χ1) is 13.2. The van der Waals surface area contributed by atoms with Crippen molar-refractivity contribution in [3.8, 4) is 0 Å². The summed E-state index contributed by atoms with van der Waals surface area (Å²) < 4.78 is 0. The van der Waals surface area contributed by atoms with Crippen LogP contribution in [0.4, 0.5) is 0 Å². The summed E-state index contributed by atoms with van der Waals surface area (Å²) in [6, 6.07) is 17.5. The molecule has 0 aliphatic carbocycles. The Balaban J connectivity index is 1.62. The summed E-state index contributed by atoms with van der Waals surface area (Å²) in [5, 5.41) is 2.95. The summed E-state index contributed by atoms with van der Waals surface area (Å²) in [6.07, 6.45) is 5.08. The predicted octanol–water partition coefficient (Wildman–Crippen LogP) is 4.06. The van der Waals surface area contributed by atoms with Crippen molar-refractivity contribution in [2.45, 2.75) is 45.1 Å². The first-order valence-electron chi connectivity index (χ1n) is 9.92. The molecule has 1 unspecified atom stereocenters. The number of nitrogens with one attached hydrogen (secondary N) is 1. The lowest BCUT2D eigenvalue weighted by molar-refractivity contribution is 0.0608. The van der Waals surface area contributed by atoms with E-state index in [2.05, 4.69) is 12.2 Å². The second-order valence-corrected chi connectivity index (χ2v) is 7.13. The van der Waals surface area contributed by atoms with Gasteiger partial charge in [0.05, 0.1) is 0 Å². The smallest absolute Gasteiger partial charge is 0.254 e. The van der Waals surface area contributed by atoms with E-state index in [4.69, 9.17) is 0 Å². The Kier molecular flexibility index (Phi) is 6.64. The maximum absolute atomic E-state index is 12.9. The summed E-state index contributed by atoms with van der Waals surface area (Å²) in [6.45, 7) is 3.52. The Morgan fingerprint density at radius 1 is 1.04 bits per heavy atom. The lowest BCUT2D eigenvalue weighted by Crippen LogP contribution is -2.43. The lowest BCUT2D eigenvalue weighted by atomic mass is 9.98. The first-order valence-corrected chi connectivity index (χ1v) is 9.92. The minimum atomic E-state index is -0.133.